The van der Waals surface area contributed by atoms with Gasteiger partial charge in [0.05, 0.1) is 43.0 Å². The second kappa shape index (κ2) is 27.6. The van der Waals surface area contributed by atoms with Crippen molar-refractivity contribution in [2.45, 2.75) is 285 Å². The molecule has 0 saturated carbocycles. The van der Waals surface area contributed by atoms with E-state index in [1.165, 1.54) is 20.8 Å². The first-order valence-electron chi connectivity index (χ1n) is 26.4. The Kier molecular flexibility index (Phi) is 22.9. The Hall–Kier alpha value is -1.86. The smallest absolute Gasteiger partial charge is 0.309 e. The number of aliphatic hydroxyl groups excluding tert-OH is 10. The summed E-state index contributed by atoms with van der Waals surface area (Å²) >= 11 is 0. The van der Waals surface area contributed by atoms with Crippen LogP contribution in [-0.4, -0.2) is 229 Å². The van der Waals surface area contributed by atoms with Crippen LogP contribution in [0.4, 0.5) is 0 Å². The first-order chi connectivity index (χ1) is 34.7. The minimum Gasteiger partial charge on any atom is -0.457 e. The lowest BCUT2D eigenvalue weighted by molar-refractivity contribution is -0.400. The van der Waals surface area contributed by atoms with E-state index in [1.807, 2.05) is 6.92 Å². The molecule has 0 unspecified atom stereocenters. The van der Waals surface area contributed by atoms with Crippen molar-refractivity contribution in [2.24, 2.45) is 5.92 Å². The topological polar surface area (TPSA) is 347 Å². The highest BCUT2D eigenvalue weighted by Gasteiger charge is 2.57. The van der Waals surface area contributed by atoms with Gasteiger partial charge in [-0.25, -0.2) is 0 Å². The van der Waals surface area contributed by atoms with Crippen molar-refractivity contribution in [2.75, 3.05) is 6.61 Å². The van der Waals surface area contributed by atoms with Crippen LogP contribution in [-0.2, 0) is 66.4 Å². The molecule has 73 heavy (non-hydrogen) atoms. The van der Waals surface area contributed by atoms with Crippen LogP contribution in [0.15, 0.2) is 0 Å². The summed E-state index contributed by atoms with van der Waals surface area (Å²) in [5.74, 6) is -1.85. The SMILES string of the molecule is CCC[C@H]1CCCCCCCCCC(=O)O[C@H]2[C@@H](O)[C@H](O[C@H]3[C@H](O1)O[C@H](C)[C@H](O)[C@@H]3O)O[C@@H](C)[C@@H]2O[C@@H]1O[C@@H](C)[C@H](O[C@@H]2O[C@@H](C)[C@H](OC(=O)[C@@H](C)CC)[C@@H](O)[C@H]2O)[C@@H](O[C@@H]2O[C@H](CO)[C@@H](O)[C@H](O)[C@H]2O)[C@H]1O. The molecular weight excluding hydrogens is 973 g/mol. The van der Waals surface area contributed by atoms with Crippen LogP contribution in [0, 0.1) is 5.92 Å². The highest BCUT2D eigenvalue weighted by atomic mass is 16.8. The van der Waals surface area contributed by atoms with Crippen LogP contribution in [0.25, 0.3) is 0 Å². The van der Waals surface area contributed by atoms with Crippen LogP contribution in [0.5, 0.6) is 0 Å². The number of fused-ring (bicyclic) bond motifs is 3. The van der Waals surface area contributed by atoms with Gasteiger partial charge in [0.25, 0.3) is 0 Å². The van der Waals surface area contributed by atoms with Gasteiger partial charge in [-0.15, -0.1) is 0 Å². The summed E-state index contributed by atoms with van der Waals surface area (Å²) in [4.78, 5) is 26.3. The van der Waals surface area contributed by atoms with E-state index in [-0.39, 0.29) is 12.5 Å². The fraction of sp³-hybridized carbons (Fsp3) is 0.959. The average Bonchev–Trinajstić information content (AvgIpc) is 3.35. The molecule has 0 amide bonds. The van der Waals surface area contributed by atoms with E-state index in [2.05, 4.69) is 0 Å². The van der Waals surface area contributed by atoms with Crippen LogP contribution in [0.2, 0.25) is 0 Å². The molecule has 6 aliphatic rings. The number of rotatable bonds is 12. The lowest BCUT2D eigenvalue weighted by atomic mass is 9.95. The van der Waals surface area contributed by atoms with Gasteiger partial charge in [-0.3, -0.25) is 9.59 Å². The zero-order valence-corrected chi connectivity index (χ0v) is 43.0. The molecule has 0 spiro atoms. The molecule has 2 bridgehead atoms. The molecule has 27 atom stereocenters. The molecule has 0 aromatic heterocycles. The van der Waals surface area contributed by atoms with E-state index in [0.717, 1.165) is 44.9 Å². The van der Waals surface area contributed by atoms with Crippen molar-refractivity contribution in [3.8, 4) is 0 Å². The Morgan fingerprint density at radius 3 is 1.77 bits per heavy atom. The normalized spacial score (nSPS) is 47.4. The summed E-state index contributed by atoms with van der Waals surface area (Å²) < 4.78 is 73.1. The first kappa shape index (κ1) is 60.4. The van der Waals surface area contributed by atoms with E-state index >= 15 is 0 Å². The van der Waals surface area contributed by atoms with Gasteiger partial charge in [-0.05, 0) is 53.4 Å². The molecule has 424 valence electrons. The van der Waals surface area contributed by atoms with E-state index in [0.29, 0.717) is 25.7 Å². The minimum absolute atomic E-state index is 0.0262. The zero-order chi connectivity index (χ0) is 53.4. The Labute approximate surface area is 426 Å². The molecule has 6 aliphatic heterocycles. The zero-order valence-electron chi connectivity index (χ0n) is 43.0. The molecule has 0 aromatic carbocycles. The van der Waals surface area contributed by atoms with Gasteiger partial charge in [-0.2, -0.15) is 0 Å². The predicted octanol–water partition coefficient (Wildman–Crippen LogP) is -0.949. The van der Waals surface area contributed by atoms with Crippen molar-refractivity contribution in [3.05, 3.63) is 0 Å². The van der Waals surface area contributed by atoms with E-state index in [9.17, 15) is 60.7 Å². The van der Waals surface area contributed by atoms with Crippen molar-refractivity contribution in [1.29, 1.82) is 0 Å². The maximum absolute atomic E-state index is 13.6. The third-order valence-corrected chi connectivity index (χ3v) is 15.0. The fourth-order valence-corrected chi connectivity index (χ4v) is 10.1. The Morgan fingerprint density at radius 1 is 0.548 bits per heavy atom. The molecule has 24 nitrogen and oxygen atoms in total. The summed E-state index contributed by atoms with van der Waals surface area (Å²) in [6, 6.07) is 0. The molecular formula is C49H84O24. The molecule has 0 aromatic rings. The van der Waals surface area contributed by atoms with Crippen molar-refractivity contribution < 1.29 is 117 Å². The molecule has 24 heteroatoms. The second-order valence-electron chi connectivity index (χ2n) is 20.6. The lowest BCUT2D eigenvalue weighted by Gasteiger charge is -2.50. The number of carbonyl (C=O) groups excluding carboxylic acids is 2. The third-order valence-electron chi connectivity index (χ3n) is 15.0. The number of hydrogen-bond donors (Lipinski definition) is 10. The Balaban J connectivity index is 1.28. The Morgan fingerprint density at radius 2 is 1.11 bits per heavy atom. The van der Waals surface area contributed by atoms with Crippen molar-refractivity contribution in [3.63, 3.8) is 0 Å². The Bertz CT molecular complexity index is 1680. The molecule has 6 heterocycles. The summed E-state index contributed by atoms with van der Waals surface area (Å²) in [5, 5.41) is 112. The number of aliphatic hydroxyl groups is 10. The van der Waals surface area contributed by atoms with E-state index < -0.39 is 178 Å². The quantitative estimate of drug-likeness (QED) is 0.105. The van der Waals surface area contributed by atoms with Gasteiger partial charge in [0.15, 0.2) is 43.7 Å². The molecule has 0 radical (unpaired) electrons. The van der Waals surface area contributed by atoms with E-state index in [4.69, 9.17) is 56.8 Å². The number of ether oxygens (including phenoxy) is 12. The lowest BCUT2D eigenvalue weighted by Crippen LogP contribution is -2.68. The van der Waals surface area contributed by atoms with Crippen LogP contribution < -0.4 is 0 Å². The molecule has 10 N–H and O–H groups in total. The molecule has 6 saturated heterocycles. The van der Waals surface area contributed by atoms with E-state index in [1.54, 1.807) is 20.8 Å². The highest BCUT2D eigenvalue weighted by Crippen LogP contribution is 2.38. The maximum Gasteiger partial charge on any atom is 0.309 e. The summed E-state index contributed by atoms with van der Waals surface area (Å²) in [7, 11) is 0. The first-order valence-corrected chi connectivity index (χ1v) is 26.4. The molecule has 0 aliphatic carbocycles. The third kappa shape index (κ3) is 14.6. The monoisotopic (exact) mass is 1060 g/mol. The van der Waals surface area contributed by atoms with Gasteiger partial charge < -0.3 is 108 Å². The summed E-state index contributed by atoms with van der Waals surface area (Å²) in [6.45, 7) is 10.6. The fourth-order valence-electron chi connectivity index (χ4n) is 10.1. The van der Waals surface area contributed by atoms with Crippen molar-refractivity contribution >= 4 is 11.9 Å². The molecule has 6 rings (SSSR count). The van der Waals surface area contributed by atoms with Gasteiger partial charge >= 0.3 is 11.9 Å². The number of carbonyl (C=O) groups is 2. The number of hydrogen-bond acceptors (Lipinski definition) is 24. The second-order valence-corrected chi connectivity index (χ2v) is 20.6. The van der Waals surface area contributed by atoms with Gasteiger partial charge in [0.2, 0.25) is 0 Å². The van der Waals surface area contributed by atoms with Gasteiger partial charge in [0.1, 0.15) is 85.5 Å². The number of esters is 2. The maximum atomic E-state index is 13.6. The van der Waals surface area contributed by atoms with Gasteiger partial charge in [0, 0.05) is 6.42 Å². The van der Waals surface area contributed by atoms with Crippen LogP contribution >= 0.6 is 0 Å². The molecule has 6 fully saturated rings. The summed E-state index contributed by atoms with van der Waals surface area (Å²) in [5.41, 5.74) is 0. The highest BCUT2D eigenvalue weighted by molar-refractivity contribution is 5.72. The predicted molar refractivity (Wildman–Crippen MR) is 247 cm³/mol. The average molecular weight is 1060 g/mol. The van der Waals surface area contributed by atoms with Gasteiger partial charge in [-0.1, -0.05) is 65.7 Å². The summed E-state index contributed by atoms with van der Waals surface area (Å²) in [6.07, 6.45) is -30.9. The van der Waals surface area contributed by atoms with Crippen LogP contribution in [0.1, 0.15) is 126 Å². The van der Waals surface area contributed by atoms with Crippen molar-refractivity contribution in [1.82, 2.24) is 0 Å². The van der Waals surface area contributed by atoms with Crippen LogP contribution in [0.3, 0.4) is 0 Å². The minimum atomic E-state index is -2.00. The largest absolute Gasteiger partial charge is 0.457 e. The standard InChI is InChI=1S/C49H84O24/c1-8-17-26-18-15-13-11-10-12-14-16-19-28(51)68-41-36(59)48(73-43-32(55)29(52)22(4)62-49(43)66-26)65-24(6)39(41)71-47-37(60)42(72-46-34(57)31(54)30(53)27(20-50)67-46)40(25(7)64-47)70-45-35(58)33(56)38(23(5)63-45)69-44(61)21(3)9-2/h21-27,29-43,45-50,52-60H,8-20H2,1-7H3/t21-,22+,23-,24-,25-,26-,27+,29-,30+,31-,32-,33-,34+,35+,36+,37+,38-,39-,40-,41-,42-,43+,45-,46-,47-,48-,49-/m0/s1.